The van der Waals surface area contributed by atoms with Crippen molar-refractivity contribution in [2.24, 2.45) is 0 Å². The van der Waals surface area contributed by atoms with Gasteiger partial charge in [-0.3, -0.25) is 4.79 Å². The third-order valence-corrected chi connectivity index (χ3v) is 7.05. The molecule has 0 radical (unpaired) electrons. The summed E-state index contributed by atoms with van der Waals surface area (Å²) >= 11 is 5.94. The first-order valence-electron chi connectivity index (χ1n) is 9.32. The number of amides is 1. The summed E-state index contributed by atoms with van der Waals surface area (Å²) in [6.07, 6.45) is 0.436. The molecule has 0 N–H and O–H groups in total. The van der Waals surface area contributed by atoms with Crippen LogP contribution in [-0.2, 0) is 16.4 Å². The third-order valence-electron chi connectivity index (χ3n) is 5.05. The Balaban J connectivity index is 1.60. The second kappa shape index (κ2) is 8.05. The zero-order chi connectivity index (χ0) is 20.4. The van der Waals surface area contributed by atoms with Gasteiger partial charge in [-0.25, -0.2) is 8.42 Å². The second-order valence-electron chi connectivity index (χ2n) is 7.13. The molecule has 3 aromatic rings. The van der Waals surface area contributed by atoms with E-state index in [1.807, 2.05) is 30.3 Å². The monoisotopic (exact) mass is 429 g/mol. The molecule has 2 heterocycles. The number of carbonyl (C=O) groups excluding carboxylic acids is 1. The molecule has 1 amide bonds. The van der Waals surface area contributed by atoms with Crippen LogP contribution in [0.1, 0.15) is 22.5 Å². The fourth-order valence-electron chi connectivity index (χ4n) is 3.53. The van der Waals surface area contributed by atoms with Crippen molar-refractivity contribution in [3.63, 3.8) is 0 Å². The van der Waals surface area contributed by atoms with Crippen molar-refractivity contribution >= 4 is 27.3 Å². The van der Waals surface area contributed by atoms with Gasteiger partial charge < -0.3 is 9.32 Å². The highest BCUT2D eigenvalue weighted by atomic mass is 35.5. The lowest BCUT2D eigenvalue weighted by molar-refractivity contribution is 0.0666. The molecule has 1 saturated heterocycles. The van der Waals surface area contributed by atoms with E-state index in [4.69, 9.17) is 16.0 Å². The first-order chi connectivity index (χ1) is 13.9. The minimum atomic E-state index is -3.13. The van der Waals surface area contributed by atoms with Crippen molar-refractivity contribution in [2.45, 2.75) is 19.0 Å². The van der Waals surface area contributed by atoms with Gasteiger partial charge in [-0.1, -0.05) is 29.8 Å². The Morgan fingerprint density at radius 1 is 1.03 bits per heavy atom. The van der Waals surface area contributed by atoms with Crippen molar-refractivity contribution in [2.75, 3.05) is 11.5 Å². The summed E-state index contributed by atoms with van der Waals surface area (Å²) in [6.45, 7) is 0.210. The van der Waals surface area contributed by atoms with Crippen LogP contribution in [-0.4, -0.2) is 36.8 Å². The van der Waals surface area contributed by atoms with E-state index in [2.05, 4.69) is 0 Å². The summed E-state index contributed by atoms with van der Waals surface area (Å²) < 4.78 is 30.0. The molecular weight excluding hydrogens is 410 g/mol. The number of halogens is 1. The van der Waals surface area contributed by atoms with Crippen molar-refractivity contribution in [1.29, 1.82) is 0 Å². The number of nitrogens with zero attached hydrogens (tertiary/aromatic N) is 1. The third kappa shape index (κ3) is 4.54. The maximum Gasteiger partial charge on any atom is 0.254 e. The quantitative estimate of drug-likeness (QED) is 0.601. The topological polar surface area (TPSA) is 67.6 Å². The number of furan rings is 1. The van der Waals surface area contributed by atoms with Crippen molar-refractivity contribution in [3.05, 3.63) is 83.1 Å². The molecular formula is C22H20ClNO4S. The predicted molar refractivity (Wildman–Crippen MR) is 113 cm³/mol. The summed E-state index contributed by atoms with van der Waals surface area (Å²) in [6, 6.07) is 19.5. The lowest BCUT2D eigenvalue weighted by Gasteiger charge is -2.27. The van der Waals surface area contributed by atoms with Crippen LogP contribution < -0.4 is 0 Å². The maximum atomic E-state index is 13.1. The Morgan fingerprint density at radius 3 is 2.41 bits per heavy atom. The Hall–Kier alpha value is -2.57. The van der Waals surface area contributed by atoms with Crippen LogP contribution in [0.4, 0.5) is 0 Å². The van der Waals surface area contributed by atoms with Crippen LogP contribution in [0.5, 0.6) is 0 Å². The van der Waals surface area contributed by atoms with E-state index in [1.165, 1.54) is 0 Å². The van der Waals surface area contributed by atoms with E-state index in [9.17, 15) is 13.2 Å². The van der Waals surface area contributed by atoms with E-state index in [1.54, 1.807) is 41.3 Å². The first kappa shape index (κ1) is 19.7. The molecule has 2 aromatic carbocycles. The Morgan fingerprint density at radius 2 is 1.76 bits per heavy atom. The van der Waals surface area contributed by atoms with Crippen LogP contribution >= 0.6 is 11.6 Å². The van der Waals surface area contributed by atoms with Crippen molar-refractivity contribution in [3.8, 4) is 11.3 Å². The van der Waals surface area contributed by atoms with Gasteiger partial charge in [0.05, 0.1) is 18.1 Å². The lowest BCUT2D eigenvalue weighted by atomic mass is 10.1. The van der Waals surface area contributed by atoms with E-state index in [0.29, 0.717) is 28.5 Å². The molecule has 5 nitrogen and oxygen atoms in total. The minimum Gasteiger partial charge on any atom is -0.459 e. The molecule has 29 heavy (non-hydrogen) atoms. The molecule has 1 unspecified atom stereocenters. The molecule has 1 fully saturated rings. The maximum absolute atomic E-state index is 13.1. The normalized spacial score (nSPS) is 17.9. The van der Waals surface area contributed by atoms with Gasteiger partial charge >= 0.3 is 0 Å². The van der Waals surface area contributed by atoms with Crippen molar-refractivity contribution in [1.82, 2.24) is 4.90 Å². The summed E-state index contributed by atoms with van der Waals surface area (Å²) in [7, 11) is -3.13. The lowest BCUT2D eigenvalue weighted by Crippen LogP contribution is -2.40. The average molecular weight is 430 g/mol. The molecule has 4 rings (SSSR count). The van der Waals surface area contributed by atoms with E-state index < -0.39 is 9.84 Å². The molecule has 1 aromatic heterocycles. The van der Waals surface area contributed by atoms with E-state index in [0.717, 1.165) is 5.56 Å². The van der Waals surface area contributed by atoms with Crippen molar-refractivity contribution < 1.29 is 17.6 Å². The average Bonchev–Trinajstić information content (AvgIpc) is 3.33. The molecule has 0 aliphatic carbocycles. The zero-order valence-corrected chi connectivity index (χ0v) is 17.2. The fourth-order valence-corrected chi connectivity index (χ4v) is 5.39. The fraction of sp³-hybridized carbons (Fsp3) is 0.227. The van der Waals surface area contributed by atoms with Crippen LogP contribution in [0.3, 0.4) is 0 Å². The highest BCUT2D eigenvalue weighted by molar-refractivity contribution is 7.91. The van der Waals surface area contributed by atoms with Crippen LogP contribution in [0.15, 0.2) is 71.1 Å². The van der Waals surface area contributed by atoms with Gasteiger partial charge in [-0.15, -0.1) is 0 Å². The van der Waals surface area contributed by atoms with Crippen LogP contribution in [0.25, 0.3) is 11.3 Å². The molecule has 7 heteroatoms. The molecule has 150 valence electrons. The number of hydrogen-bond acceptors (Lipinski definition) is 4. The standard InChI is InChI=1S/C22H20ClNO4S/c23-18-8-6-16(7-9-18)21-11-10-20(28-21)14-24(19-12-13-29(26,27)15-19)22(25)17-4-2-1-3-5-17/h1-11,19H,12-15H2. The second-order valence-corrected chi connectivity index (χ2v) is 9.79. The molecule has 0 bridgehead atoms. The number of rotatable bonds is 5. The Bertz CT molecular complexity index is 1110. The Kier molecular flexibility index (Phi) is 5.48. The zero-order valence-electron chi connectivity index (χ0n) is 15.6. The molecule has 0 spiro atoms. The molecule has 1 aliphatic heterocycles. The first-order valence-corrected chi connectivity index (χ1v) is 11.5. The number of carbonyl (C=O) groups is 1. The Labute approximate surface area is 174 Å². The molecule has 1 aliphatic rings. The predicted octanol–water partition coefficient (Wildman–Crippen LogP) is 4.43. The molecule has 0 saturated carbocycles. The number of benzene rings is 2. The van der Waals surface area contributed by atoms with E-state index >= 15 is 0 Å². The summed E-state index contributed by atoms with van der Waals surface area (Å²) in [5.74, 6) is 1.16. The largest absolute Gasteiger partial charge is 0.459 e. The highest BCUT2D eigenvalue weighted by Crippen LogP contribution is 2.27. The van der Waals surface area contributed by atoms with Gasteiger partial charge in [0, 0.05) is 22.2 Å². The van der Waals surface area contributed by atoms with Gasteiger partial charge in [-0.2, -0.15) is 0 Å². The number of hydrogen-bond donors (Lipinski definition) is 0. The SMILES string of the molecule is O=C(c1ccccc1)N(Cc1ccc(-c2ccc(Cl)cc2)o1)C1CCS(=O)(=O)C1. The van der Waals surface area contributed by atoms with Gasteiger partial charge in [0.25, 0.3) is 5.91 Å². The molecule has 1 atom stereocenters. The summed E-state index contributed by atoms with van der Waals surface area (Å²) in [5, 5.41) is 0.641. The van der Waals surface area contributed by atoms with Gasteiger partial charge in [0.1, 0.15) is 11.5 Å². The van der Waals surface area contributed by atoms with Gasteiger partial charge in [0.2, 0.25) is 0 Å². The van der Waals surface area contributed by atoms with Crippen LogP contribution in [0.2, 0.25) is 5.02 Å². The summed E-state index contributed by atoms with van der Waals surface area (Å²) in [4.78, 5) is 14.8. The minimum absolute atomic E-state index is 0.0175. The van der Waals surface area contributed by atoms with Crippen LogP contribution in [0, 0.1) is 0 Å². The highest BCUT2D eigenvalue weighted by Gasteiger charge is 2.35. The number of sulfone groups is 1. The van der Waals surface area contributed by atoms with E-state index in [-0.39, 0.29) is 30.0 Å². The van der Waals surface area contributed by atoms with Gasteiger partial charge in [-0.05, 0) is 55.0 Å². The summed E-state index contributed by atoms with van der Waals surface area (Å²) in [5.41, 5.74) is 1.41. The van der Waals surface area contributed by atoms with Gasteiger partial charge in [0.15, 0.2) is 9.84 Å². The smallest absolute Gasteiger partial charge is 0.254 e.